The zero-order valence-corrected chi connectivity index (χ0v) is 11.6. The summed E-state index contributed by atoms with van der Waals surface area (Å²) in [5.74, 6) is 2.38. The molecule has 0 atom stereocenters. The molecular weight excluding hydrogens is 268 g/mol. The summed E-state index contributed by atoms with van der Waals surface area (Å²) in [7, 11) is 0. The molecule has 2 aromatic rings. The van der Waals surface area contributed by atoms with E-state index < -0.39 is 0 Å². The number of rotatable bonds is 6. The van der Waals surface area contributed by atoms with E-state index in [1.165, 1.54) is 0 Å². The van der Waals surface area contributed by atoms with E-state index in [9.17, 15) is 5.11 Å². The smallest absolute Gasteiger partial charge is 0.214 e. The molecule has 0 saturated carbocycles. The lowest BCUT2D eigenvalue weighted by molar-refractivity contribution is 0.475. The summed E-state index contributed by atoms with van der Waals surface area (Å²) in [6, 6.07) is 6.83. The second kappa shape index (κ2) is 6.65. The molecule has 0 fully saturated rings. The van der Waals surface area contributed by atoms with Gasteiger partial charge in [0.25, 0.3) is 0 Å². The molecule has 96 valence electrons. The van der Waals surface area contributed by atoms with Crippen molar-refractivity contribution in [1.29, 1.82) is 0 Å². The molecule has 1 N–H and O–H groups in total. The molecule has 0 saturated heterocycles. The fourth-order valence-electron chi connectivity index (χ4n) is 1.39. The Hall–Kier alpha value is -1.21. The molecule has 0 aliphatic carbocycles. The molecule has 2 rings (SSSR count). The van der Waals surface area contributed by atoms with Gasteiger partial charge in [0.2, 0.25) is 5.16 Å². The largest absolute Gasteiger partial charge is 0.508 e. The molecule has 0 aliphatic rings. The lowest BCUT2D eigenvalue weighted by atomic mass is 10.3. The number of aromatic nitrogens is 4. The van der Waals surface area contributed by atoms with Crippen LogP contribution in [0.4, 0.5) is 0 Å². The summed E-state index contributed by atoms with van der Waals surface area (Å²) in [6.07, 6.45) is 3.24. The third-order valence-electron chi connectivity index (χ3n) is 2.26. The van der Waals surface area contributed by atoms with E-state index in [4.69, 9.17) is 0 Å². The monoisotopic (exact) mass is 282 g/mol. The molecule has 1 aromatic carbocycles. The summed E-state index contributed by atoms with van der Waals surface area (Å²) in [5, 5.41) is 21.7. The van der Waals surface area contributed by atoms with Gasteiger partial charge in [0.15, 0.2) is 0 Å². The van der Waals surface area contributed by atoms with Crippen molar-refractivity contribution in [2.75, 3.05) is 17.8 Å². The van der Waals surface area contributed by atoms with Crippen LogP contribution in [-0.4, -0.2) is 43.1 Å². The molecule has 1 aromatic heterocycles. The Morgan fingerprint density at radius 2 is 2.00 bits per heavy atom. The van der Waals surface area contributed by atoms with Crippen LogP contribution >= 0.6 is 23.5 Å². The lowest BCUT2D eigenvalue weighted by Gasteiger charge is -2.03. The number of aromatic hydroxyl groups is 1. The Morgan fingerprint density at radius 1 is 1.22 bits per heavy atom. The number of nitrogens with zero attached hydrogens (tertiary/aromatic N) is 4. The second-order valence-electron chi connectivity index (χ2n) is 3.58. The first kappa shape index (κ1) is 13.2. The Kier molecular flexibility index (Phi) is 4.89. The van der Waals surface area contributed by atoms with Crippen LogP contribution in [0.15, 0.2) is 29.4 Å². The van der Waals surface area contributed by atoms with Crippen LogP contribution in [0, 0.1) is 0 Å². The summed E-state index contributed by atoms with van der Waals surface area (Å²) in [4.78, 5) is 0. The van der Waals surface area contributed by atoms with Gasteiger partial charge in [-0.2, -0.15) is 16.4 Å². The maximum absolute atomic E-state index is 9.26. The average molecular weight is 282 g/mol. The zero-order valence-electron chi connectivity index (χ0n) is 9.98. The average Bonchev–Trinajstić information content (AvgIpc) is 2.84. The highest BCUT2D eigenvalue weighted by atomic mass is 32.2. The minimum Gasteiger partial charge on any atom is -0.508 e. The van der Waals surface area contributed by atoms with Crippen molar-refractivity contribution in [2.45, 2.75) is 11.6 Å². The van der Waals surface area contributed by atoms with Crippen molar-refractivity contribution in [1.82, 2.24) is 20.2 Å². The number of hydrogen-bond donors (Lipinski definition) is 1. The molecule has 0 unspecified atom stereocenters. The minimum absolute atomic E-state index is 0.237. The predicted octanol–water partition coefficient (Wildman–Crippen LogP) is 2.21. The van der Waals surface area contributed by atoms with E-state index in [0.29, 0.717) is 0 Å². The minimum atomic E-state index is 0.237. The molecule has 5 nitrogen and oxygen atoms in total. The van der Waals surface area contributed by atoms with Gasteiger partial charge in [-0.15, -0.1) is 5.10 Å². The highest BCUT2D eigenvalue weighted by Crippen LogP contribution is 2.20. The molecule has 0 amide bonds. The van der Waals surface area contributed by atoms with Crippen LogP contribution in [0.5, 0.6) is 5.75 Å². The molecule has 7 heteroatoms. The topological polar surface area (TPSA) is 63.8 Å². The van der Waals surface area contributed by atoms with E-state index in [1.54, 1.807) is 40.7 Å². The summed E-state index contributed by atoms with van der Waals surface area (Å²) >= 11 is 3.49. The van der Waals surface area contributed by atoms with Crippen molar-refractivity contribution in [3.8, 4) is 11.4 Å². The molecular formula is C11H14N4OS2. The number of hydrogen-bond acceptors (Lipinski definition) is 6. The van der Waals surface area contributed by atoms with Gasteiger partial charge >= 0.3 is 0 Å². The van der Waals surface area contributed by atoms with Crippen molar-refractivity contribution >= 4 is 23.5 Å². The van der Waals surface area contributed by atoms with Crippen LogP contribution in [-0.2, 0) is 0 Å². The van der Waals surface area contributed by atoms with Gasteiger partial charge in [-0.25, -0.2) is 0 Å². The van der Waals surface area contributed by atoms with Gasteiger partial charge in [0, 0.05) is 5.75 Å². The standard InChI is InChI=1S/C11H14N4OS2/c1-17-7-2-8-18-11-12-13-14-15(11)9-3-5-10(16)6-4-9/h3-6,16H,2,7-8H2,1H3. The number of benzene rings is 1. The molecule has 1 heterocycles. The Morgan fingerprint density at radius 3 is 2.72 bits per heavy atom. The summed E-state index contributed by atoms with van der Waals surface area (Å²) in [5.41, 5.74) is 0.852. The van der Waals surface area contributed by atoms with Crippen LogP contribution in [0.2, 0.25) is 0 Å². The van der Waals surface area contributed by atoms with Gasteiger partial charge in [0.1, 0.15) is 5.75 Å². The van der Waals surface area contributed by atoms with Gasteiger partial charge in [0.05, 0.1) is 5.69 Å². The number of phenols is 1. The maximum Gasteiger partial charge on any atom is 0.214 e. The van der Waals surface area contributed by atoms with E-state index in [1.807, 2.05) is 11.8 Å². The number of tetrazole rings is 1. The number of thioether (sulfide) groups is 2. The fourth-order valence-corrected chi connectivity index (χ4v) is 2.84. The molecule has 0 bridgehead atoms. The summed E-state index contributed by atoms with van der Waals surface area (Å²) < 4.78 is 1.68. The lowest BCUT2D eigenvalue weighted by Crippen LogP contribution is -1.99. The highest BCUT2D eigenvalue weighted by Gasteiger charge is 2.08. The van der Waals surface area contributed by atoms with Crippen LogP contribution in [0.3, 0.4) is 0 Å². The SMILES string of the molecule is CSCCCSc1nnnn1-c1ccc(O)cc1. The first-order valence-corrected chi connectivity index (χ1v) is 7.88. The Bertz CT molecular complexity index is 486. The third-order valence-corrected chi connectivity index (χ3v) is 3.96. The molecule has 18 heavy (non-hydrogen) atoms. The zero-order chi connectivity index (χ0) is 12.8. The predicted molar refractivity (Wildman–Crippen MR) is 74.5 cm³/mol. The van der Waals surface area contributed by atoms with Crippen molar-refractivity contribution in [2.24, 2.45) is 0 Å². The van der Waals surface area contributed by atoms with E-state index in [2.05, 4.69) is 21.8 Å². The second-order valence-corrected chi connectivity index (χ2v) is 5.63. The highest BCUT2D eigenvalue weighted by molar-refractivity contribution is 7.99. The van der Waals surface area contributed by atoms with Crippen LogP contribution in [0.25, 0.3) is 5.69 Å². The van der Waals surface area contributed by atoms with E-state index >= 15 is 0 Å². The molecule has 0 radical (unpaired) electrons. The maximum atomic E-state index is 9.26. The Balaban J connectivity index is 2.05. The van der Waals surface area contributed by atoms with E-state index in [-0.39, 0.29) is 5.75 Å². The van der Waals surface area contributed by atoms with Gasteiger partial charge in [-0.1, -0.05) is 11.8 Å². The quantitative estimate of drug-likeness (QED) is 0.647. The third kappa shape index (κ3) is 3.39. The van der Waals surface area contributed by atoms with E-state index in [0.717, 1.165) is 28.8 Å². The molecule has 0 aliphatic heterocycles. The van der Waals surface area contributed by atoms with Crippen molar-refractivity contribution in [3.05, 3.63) is 24.3 Å². The molecule has 0 spiro atoms. The van der Waals surface area contributed by atoms with Gasteiger partial charge in [-0.3, -0.25) is 0 Å². The normalized spacial score (nSPS) is 10.7. The van der Waals surface area contributed by atoms with Crippen LogP contribution < -0.4 is 0 Å². The summed E-state index contributed by atoms with van der Waals surface area (Å²) in [6.45, 7) is 0. The van der Waals surface area contributed by atoms with Gasteiger partial charge < -0.3 is 5.11 Å². The first-order chi connectivity index (χ1) is 8.81. The van der Waals surface area contributed by atoms with Crippen molar-refractivity contribution in [3.63, 3.8) is 0 Å². The Labute approximate surface area is 114 Å². The van der Waals surface area contributed by atoms with Crippen molar-refractivity contribution < 1.29 is 5.11 Å². The van der Waals surface area contributed by atoms with Gasteiger partial charge in [-0.05, 0) is 53.1 Å². The first-order valence-electron chi connectivity index (χ1n) is 5.51. The fraction of sp³-hybridized carbons (Fsp3) is 0.364. The number of phenolic OH excluding ortho intramolecular Hbond substituents is 1. The van der Waals surface area contributed by atoms with Crippen LogP contribution in [0.1, 0.15) is 6.42 Å².